The van der Waals surface area contributed by atoms with Gasteiger partial charge in [-0.15, -0.1) is 0 Å². The number of aromatic amines is 1. The molecular weight excluding hydrogens is 344 g/mol. The third-order valence-corrected chi connectivity index (χ3v) is 3.50. The molecule has 0 aliphatic rings. The fourth-order valence-electron chi connectivity index (χ4n) is 1.66. The van der Waals surface area contributed by atoms with Gasteiger partial charge in [-0.05, 0) is 41.1 Å². The number of hydrogen-bond acceptors (Lipinski definition) is 2. The van der Waals surface area contributed by atoms with Gasteiger partial charge in [0.2, 0.25) is 0 Å². The van der Waals surface area contributed by atoms with Crippen LogP contribution in [0.3, 0.4) is 0 Å². The molecule has 0 radical (unpaired) electrons. The molecule has 0 aliphatic heterocycles. The van der Waals surface area contributed by atoms with E-state index in [9.17, 15) is 22.4 Å². The molecule has 1 aromatic heterocycles. The van der Waals surface area contributed by atoms with Gasteiger partial charge < -0.3 is 4.98 Å². The quantitative estimate of drug-likeness (QED) is 0.797. The van der Waals surface area contributed by atoms with Crippen LogP contribution in [-0.2, 0) is 6.18 Å². The zero-order valence-corrected chi connectivity index (χ0v) is 11.6. The number of aromatic nitrogens is 2. The van der Waals surface area contributed by atoms with Gasteiger partial charge in [0.1, 0.15) is 16.1 Å². The van der Waals surface area contributed by atoms with Gasteiger partial charge in [0.15, 0.2) is 0 Å². The molecule has 20 heavy (non-hydrogen) atoms. The summed E-state index contributed by atoms with van der Waals surface area (Å²) in [6.07, 6.45) is -4.75. The number of H-pyrrole nitrogens is 1. The molecule has 0 saturated heterocycles. The summed E-state index contributed by atoms with van der Waals surface area (Å²) >= 11 is 2.97. The van der Waals surface area contributed by atoms with E-state index in [4.69, 9.17) is 0 Å². The Kier molecular flexibility index (Phi) is 3.68. The van der Waals surface area contributed by atoms with Crippen molar-refractivity contribution in [1.29, 1.82) is 0 Å². The van der Waals surface area contributed by atoms with E-state index in [2.05, 4.69) is 25.9 Å². The van der Waals surface area contributed by atoms with Crippen LogP contribution >= 0.6 is 15.9 Å². The van der Waals surface area contributed by atoms with Gasteiger partial charge in [-0.3, -0.25) is 4.79 Å². The molecule has 0 bridgehead atoms. The predicted molar refractivity (Wildman–Crippen MR) is 67.7 cm³/mol. The Morgan fingerprint density at radius 1 is 1.30 bits per heavy atom. The highest BCUT2D eigenvalue weighted by atomic mass is 79.9. The lowest BCUT2D eigenvalue weighted by molar-refractivity contribution is -0.137. The third kappa shape index (κ3) is 2.74. The lowest BCUT2D eigenvalue weighted by atomic mass is 10.1. The predicted octanol–water partition coefficient (Wildman–Crippen LogP) is 3.67. The minimum Gasteiger partial charge on any atom is -0.306 e. The summed E-state index contributed by atoms with van der Waals surface area (Å²) in [4.78, 5) is 17.7. The van der Waals surface area contributed by atoms with Crippen molar-refractivity contribution in [2.45, 2.75) is 13.1 Å². The maximum Gasteiger partial charge on any atom is 0.417 e. The maximum atomic E-state index is 13.0. The number of alkyl halides is 3. The van der Waals surface area contributed by atoms with Crippen molar-refractivity contribution in [3.8, 4) is 11.4 Å². The second-order valence-electron chi connectivity index (χ2n) is 4.00. The zero-order chi connectivity index (χ0) is 15.1. The van der Waals surface area contributed by atoms with Crippen LogP contribution in [0.4, 0.5) is 17.6 Å². The molecule has 106 valence electrons. The number of benzene rings is 1. The van der Waals surface area contributed by atoms with Gasteiger partial charge in [-0.2, -0.15) is 13.2 Å². The lowest BCUT2D eigenvalue weighted by Gasteiger charge is -2.12. The first-order valence-corrected chi connectivity index (χ1v) is 6.13. The first-order valence-electron chi connectivity index (χ1n) is 5.33. The molecule has 0 unspecified atom stereocenters. The first-order chi connectivity index (χ1) is 9.20. The Labute approximate surface area is 118 Å². The number of halogens is 5. The van der Waals surface area contributed by atoms with E-state index in [0.29, 0.717) is 6.07 Å². The van der Waals surface area contributed by atoms with Crippen molar-refractivity contribution in [3.63, 3.8) is 0 Å². The largest absolute Gasteiger partial charge is 0.417 e. The van der Waals surface area contributed by atoms with Crippen LogP contribution in [0.5, 0.6) is 0 Å². The van der Waals surface area contributed by atoms with Crippen molar-refractivity contribution in [1.82, 2.24) is 9.97 Å². The number of nitrogens with one attached hydrogen (secondary N) is 1. The lowest BCUT2D eigenvalue weighted by Crippen LogP contribution is -2.14. The van der Waals surface area contributed by atoms with Crippen LogP contribution in [0.1, 0.15) is 11.3 Å². The third-order valence-electron chi connectivity index (χ3n) is 2.57. The topological polar surface area (TPSA) is 45.8 Å². The molecule has 2 aromatic rings. The molecule has 0 atom stereocenters. The van der Waals surface area contributed by atoms with Gasteiger partial charge in [0.05, 0.1) is 11.3 Å². The SMILES string of the molecule is Cc1nc(-c2ccc(F)cc2C(F)(F)F)[nH]c(=O)c1Br. The fraction of sp³-hybridized carbons (Fsp3) is 0.167. The van der Waals surface area contributed by atoms with Crippen LogP contribution in [-0.4, -0.2) is 9.97 Å². The summed E-state index contributed by atoms with van der Waals surface area (Å²) in [6.45, 7) is 1.47. The highest BCUT2D eigenvalue weighted by Crippen LogP contribution is 2.36. The van der Waals surface area contributed by atoms with Gasteiger partial charge in [-0.25, -0.2) is 9.37 Å². The number of nitrogens with zero attached hydrogens (tertiary/aromatic N) is 1. The molecule has 0 amide bonds. The Balaban J connectivity index is 2.74. The van der Waals surface area contributed by atoms with E-state index in [1.54, 1.807) is 0 Å². The summed E-state index contributed by atoms with van der Waals surface area (Å²) < 4.78 is 51.8. The van der Waals surface area contributed by atoms with Gasteiger partial charge in [0.25, 0.3) is 5.56 Å². The Bertz CT molecular complexity index is 724. The standard InChI is InChI=1S/C12H7BrF4N2O/c1-5-9(13)11(20)19-10(18-5)7-3-2-6(14)4-8(7)12(15,16)17/h2-4H,1H3,(H,18,19,20). The van der Waals surface area contributed by atoms with Crippen LogP contribution in [0.25, 0.3) is 11.4 Å². The van der Waals surface area contributed by atoms with Crippen molar-refractivity contribution < 1.29 is 17.6 Å². The summed E-state index contributed by atoms with van der Waals surface area (Å²) in [6, 6.07) is 2.18. The zero-order valence-electron chi connectivity index (χ0n) is 9.98. The average Bonchev–Trinajstić information content (AvgIpc) is 2.34. The van der Waals surface area contributed by atoms with E-state index >= 15 is 0 Å². The average molecular weight is 351 g/mol. The van der Waals surface area contributed by atoms with Crippen molar-refractivity contribution in [2.75, 3.05) is 0 Å². The Morgan fingerprint density at radius 3 is 2.50 bits per heavy atom. The molecule has 1 heterocycles. The highest BCUT2D eigenvalue weighted by molar-refractivity contribution is 9.10. The summed E-state index contributed by atoms with van der Waals surface area (Å²) in [7, 11) is 0. The van der Waals surface area contributed by atoms with E-state index in [1.165, 1.54) is 6.92 Å². The number of rotatable bonds is 1. The van der Waals surface area contributed by atoms with Gasteiger partial charge in [-0.1, -0.05) is 0 Å². The van der Waals surface area contributed by atoms with Crippen LogP contribution in [0.15, 0.2) is 27.5 Å². The van der Waals surface area contributed by atoms with Crippen molar-refractivity contribution in [2.24, 2.45) is 0 Å². The van der Waals surface area contributed by atoms with Gasteiger partial charge in [0, 0.05) is 5.56 Å². The Hall–Kier alpha value is -1.70. The van der Waals surface area contributed by atoms with Crippen LogP contribution in [0, 0.1) is 12.7 Å². The molecule has 0 aliphatic carbocycles. The first kappa shape index (κ1) is 14.7. The van der Waals surface area contributed by atoms with E-state index < -0.39 is 23.1 Å². The highest BCUT2D eigenvalue weighted by Gasteiger charge is 2.34. The molecule has 8 heteroatoms. The second-order valence-corrected chi connectivity index (χ2v) is 4.79. The summed E-state index contributed by atoms with van der Waals surface area (Å²) in [5.74, 6) is -1.28. The van der Waals surface area contributed by atoms with E-state index in [1.807, 2.05) is 0 Å². The minimum absolute atomic E-state index is 0.136. The molecule has 0 saturated carbocycles. The number of aryl methyl sites for hydroxylation is 1. The van der Waals surface area contributed by atoms with Crippen LogP contribution in [0.2, 0.25) is 0 Å². The number of hydrogen-bond donors (Lipinski definition) is 1. The van der Waals surface area contributed by atoms with Crippen molar-refractivity contribution >= 4 is 15.9 Å². The molecular formula is C12H7BrF4N2O. The van der Waals surface area contributed by atoms with Crippen LogP contribution < -0.4 is 5.56 Å². The summed E-state index contributed by atoms with van der Waals surface area (Å²) in [5.41, 5.74) is -1.94. The van der Waals surface area contributed by atoms with Gasteiger partial charge >= 0.3 is 6.18 Å². The normalized spacial score (nSPS) is 11.7. The Morgan fingerprint density at radius 2 is 1.95 bits per heavy atom. The van der Waals surface area contributed by atoms with E-state index in [0.717, 1.165) is 12.1 Å². The molecule has 0 fully saturated rings. The van der Waals surface area contributed by atoms with E-state index in [-0.39, 0.29) is 21.6 Å². The fourth-order valence-corrected chi connectivity index (χ4v) is 1.84. The maximum absolute atomic E-state index is 13.0. The molecule has 3 nitrogen and oxygen atoms in total. The summed E-state index contributed by atoms with van der Waals surface area (Å²) in [5, 5.41) is 0. The molecule has 1 N–H and O–H groups in total. The minimum atomic E-state index is -4.75. The molecule has 2 rings (SSSR count). The molecule has 0 spiro atoms. The monoisotopic (exact) mass is 350 g/mol. The smallest absolute Gasteiger partial charge is 0.306 e. The molecule has 1 aromatic carbocycles. The second kappa shape index (κ2) is 5.01. The van der Waals surface area contributed by atoms with Crippen molar-refractivity contribution in [3.05, 3.63) is 50.1 Å².